The summed E-state index contributed by atoms with van der Waals surface area (Å²) in [6.45, 7) is 2.99. The normalized spacial score (nSPS) is 20.0. The molecule has 2 aromatic carbocycles. The van der Waals surface area contributed by atoms with E-state index in [2.05, 4.69) is 0 Å². The second-order valence-corrected chi connectivity index (χ2v) is 7.15. The summed E-state index contributed by atoms with van der Waals surface area (Å²) in [5.41, 5.74) is 2.14. The zero-order valence-electron chi connectivity index (χ0n) is 13.8. The highest BCUT2D eigenvalue weighted by Crippen LogP contribution is 2.29. The van der Waals surface area contributed by atoms with Crippen molar-refractivity contribution in [3.8, 4) is 5.75 Å². The maximum absolute atomic E-state index is 6.35. The fraction of sp³-hybridized carbons (Fsp3) is 0.368. The van der Waals surface area contributed by atoms with E-state index in [1.54, 1.807) is 6.07 Å². The van der Waals surface area contributed by atoms with Crippen molar-refractivity contribution in [3.63, 3.8) is 0 Å². The van der Waals surface area contributed by atoms with Crippen LogP contribution in [0.2, 0.25) is 15.1 Å². The highest BCUT2D eigenvalue weighted by Gasteiger charge is 2.25. The first kappa shape index (κ1) is 18.8. The molecule has 0 saturated carbocycles. The smallest absolute Gasteiger partial charge is 0.158 e. The molecule has 1 saturated heterocycles. The molecule has 134 valence electrons. The number of rotatable bonds is 6. The molecule has 0 aromatic heterocycles. The van der Waals surface area contributed by atoms with Gasteiger partial charge in [0.25, 0.3) is 0 Å². The van der Waals surface area contributed by atoms with Crippen molar-refractivity contribution < 1.29 is 14.2 Å². The number of hydrogen-bond donors (Lipinski definition) is 0. The predicted molar refractivity (Wildman–Crippen MR) is 101 cm³/mol. The Kier molecular flexibility index (Phi) is 6.48. The molecule has 0 spiro atoms. The first-order valence-electron chi connectivity index (χ1n) is 8.17. The molecule has 6 heteroatoms. The number of halogens is 3. The van der Waals surface area contributed by atoms with Crippen LogP contribution in [-0.4, -0.2) is 25.6 Å². The van der Waals surface area contributed by atoms with Gasteiger partial charge in [-0.3, -0.25) is 0 Å². The third-order valence-corrected chi connectivity index (χ3v) is 4.99. The van der Waals surface area contributed by atoms with Gasteiger partial charge in [-0.25, -0.2) is 0 Å². The minimum Gasteiger partial charge on any atom is -0.489 e. The molecular weight excluding hydrogens is 383 g/mol. The monoisotopic (exact) mass is 400 g/mol. The molecule has 0 aliphatic carbocycles. The summed E-state index contributed by atoms with van der Waals surface area (Å²) >= 11 is 18.4. The van der Waals surface area contributed by atoms with Crippen LogP contribution in [0.15, 0.2) is 36.4 Å². The molecule has 2 aromatic rings. The summed E-state index contributed by atoms with van der Waals surface area (Å²) in [6.07, 6.45) is 1.37. The molecule has 0 radical (unpaired) electrons. The predicted octanol–water partition coefficient (Wildman–Crippen LogP) is 5.77. The second-order valence-electron chi connectivity index (χ2n) is 5.93. The number of hydrogen-bond acceptors (Lipinski definition) is 3. The zero-order valence-corrected chi connectivity index (χ0v) is 16.1. The van der Waals surface area contributed by atoms with Crippen molar-refractivity contribution >= 4 is 34.8 Å². The molecule has 1 fully saturated rings. The lowest BCUT2D eigenvalue weighted by atomic mass is 10.1. The van der Waals surface area contributed by atoms with E-state index >= 15 is 0 Å². The Morgan fingerprint density at radius 2 is 1.72 bits per heavy atom. The molecule has 0 bridgehead atoms. The Morgan fingerprint density at radius 1 is 1.00 bits per heavy atom. The molecule has 3 rings (SSSR count). The van der Waals surface area contributed by atoms with Crippen LogP contribution >= 0.6 is 34.8 Å². The molecule has 3 nitrogen and oxygen atoms in total. The average molecular weight is 402 g/mol. The van der Waals surface area contributed by atoms with Crippen LogP contribution < -0.4 is 4.74 Å². The van der Waals surface area contributed by atoms with Gasteiger partial charge in [0.15, 0.2) is 6.29 Å². The summed E-state index contributed by atoms with van der Waals surface area (Å²) in [6, 6.07) is 11.4. The average Bonchev–Trinajstić information content (AvgIpc) is 3.05. The third-order valence-electron chi connectivity index (χ3n) is 3.96. The van der Waals surface area contributed by atoms with Gasteiger partial charge in [-0.15, -0.1) is 0 Å². The van der Waals surface area contributed by atoms with Crippen LogP contribution in [-0.2, 0) is 15.9 Å². The highest BCUT2D eigenvalue weighted by atomic mass is 35.5. The molecule has 0 amide bonds. The van der Waals surface area contributed by atoms with Crippen LogP contribution in [0.5, 0.6) is 5.75 Å². The van der Waals surface area contributed by atoms with Gasteiger partial charge in [-0.2, -0.15) is 0 Å². The van der Waals surface area contributed by atoms with Crippen LogP contribution in [0, 0.1) is 0 Å². The van der Waals surface area contributed by atoms with Crippen molar-refractivity contribution in [2.75, 3.05) is 13.2 Å². The SMILES string of the molecule is CCC1OCC(COc2ccc(Cc3ccc(Cl)c(Cl)c3)cc2Cl)O1. The fourth-order valence-corrected chi connectivity index (χ4v) is 3.23. The van der Waals surface area contributed by atoms with E-state index in [-0.39, 0.29) is 12.4 Å². The highest BCUT2D eigenvalue weighted by molar-refractivity contribution is 6.42. The van der Waals surface area contributed by atoms with Crippen LogP contribution in [0.25, 0.3) is 0 Å². The van der Waals surface area contributed by atoms with Gasteiger partial charge in [0.05, 0.1) is 21.7 Å². The van der Waals surface area contributed by atoms with Gasteiger partial charge in [0.1, 0.15) is 18.5 Å². The van der Waals surface area contributed by atoms with Crippen molar-refractivity contribution in [2.24, 2.45) is 0 Å². The standard InChI is InChI=1S/C19H19Cl3O3/c1-2-19-24-11-14(25-19)10-23-18-6-4-13(9-17(18)22)7-12-3-5-15(20)16(21)8-12/h3-6,8-9,14,19H,2,7,10-11H2,1H3. The van der Waals surface area contributed by atoms with Crippen LogP contribution in [0.3, 0.4) is 0 Å². The van der Waals surface area contributed by atoms with Gasteiger partial charge >= 0.3 is 0 Å². The van der Waals surface area contributed by atoms with E-state index in [1.165, 1.54) is 0 Å². The Hall–Kier alpha value is -0.970. The Bertz CT molecular complexity index is 736. The molecule has 2 atom stereocenters. The van der Waals surface area contributed by atoms with E-state index in [0.717, 1.165) is 17.5 Å². The Balaban J connectivity index is 1.59. The Morgan fingerprint density at radius 3 is 2.36 bits per heavy atom. The van der Waals surface area contributed by atoms with Gasteiger partial charge in [-0.05, 0) is 48.2 Å². The molecule has 0 N–H and O–H groups in total. The lowest BCUT2D eigenvalue weighted by molar-refractivity contribution is -0.0642. The van der Waals surface area contributed by atoms with Gasteiger partial charge in [0.2, 0.25) is 0 Å². The number of ether oxygens (including phenoxy) is 3. The fourth-order valence-electron chi connectivity index (χ4n) is 2.65. The maximum atomic E-state index is 6.35. The van der Waals surface area contributed by atoms with Gasteiger partial charge in [-0.1, -0.05) is 53.9 Å². The van der Waals surface area contributed by atoms with Crippen molar-refractivity contribution in [2.45, 2.75) is 32.2 Å². The van der Waals surface area contributed by atoms with E-state index < -0.39 is 0 Å². The maximum Gasteiger partial charge on any atom is 0.158 e. The van der Waals surface area contributed by atoms with E-state index in [1.807, 2.05) is 37.3 Å². The van der Waals surface area contributed by atoms with E-state index in [9.17, 15) is 0 Å². The van der Waals surface area contributed by atoms with Crippen LogP contribution in [0.4, 0.5) is 0 Å². The zero-order chi connectivity index (χ0) is 17.8. The van der Waals surface area contributed by atoms with Crippen LogP contribution in [0.1, 0.15) is 24.5 Å². The van der Waals surface area contributed by atoms with Crippen molar-refractivity contribution in [1.29, 1.82) is 0 Å². The second kappa shape index (κ2) is 8.61. The Labute approximate surface area is 162 Å². The quantitative estimate of drug-likeness (QED) is 0.615. The number of benzene rings is 2. The molecule has 1 aliphatic heterocycles. The summed E-state index contributed by atoms with van der Waals surface area (Å²) in [5.74, 6) is 0.642. The first-order chi connectivity index (χ1) is 12.0. The van der Waals surface area contributed by atoms with Gasteiger partial charge in [0, 0.05) is 0 Å². The largest absolute Gasteiger partial charge is 0.489 e. The van der Waals surface area contributed by atoms with E-state index in [0.29, 0.717) is 40.5 Å². The molecular formula is C19H19Cl3O3. The molecule has 1 heterocycles. The summed E-state index contributed by atoms with van der Waals surface area (Å²) in [5, 5.41) is 1.67. The summed E-state index contributed by atoms with van der Waals surface area (Å²) in [7, 11) is 0. The minimum atomic E-state index is -0.127. The first-order valence-corrected chi connectivity index (χ1v) is 9.30. The summed E-state index contributed by atoms with van der Waals surface area (Å²) < 4.78 is 16.9. The van der Waals surface area contributed by atoms with E-state index in [4.69, 9.17) is 49.0 Å². The minimum absolute atomic E-state index is 0.0584. The summed E-state index contributed by atoms with van der Waals surface area (Å²) in [4.78, 5) is 0. The lowest BCUT2D eigenvalue weighted by Gasteiger charge is -2.13. The van der Waals surface area contributed by atoms with Crippen molar-refractivity contribution in [1.82, 2.24) is 0 Å². The molecule has 2 unspecified atom stereocenters. The molecule has 1 aliphatic rings. The van der Waals surface area contributed by atoms with Crippen molar-refractivity contribution in [3.05, 3.63) is 62.6 Å². The topological polar surface area (TPSA) is 27.7 Å². The van der Waals surface area contributed by atoms with Gasteiger partial charge < -0.3 is 14.2 Å². The lowest BCUT2D eigenvalue weighted by Crippen LogP contribution is -2.20. The third kappa shape index (κ3) is 5.02. The molecule has 25 heavy (non-hydrogen) atoms.